The number of carbonyl (C=O) groups is 2. The topological polar surface area (TPSA) is 78.5 Å². The molecular weight excluding hydrogens is 340 g/mol. The fourth-order valence-electron chi connectivity index (χ4n) is 2.62. The number of carbonyl (C=O) groups excluding carboxylic acids is 2. The highest BCUT2D eigenvalue weighted by Crippen LogP contribution is 2.23. The molecular formula is C17H18N4O3S. The third kappa shape index (κ3) is 3.39. The summed E-state index contributed by atoms with van der Waals surface area (Å²) in [5.74, 6) is -0.842. The summed E-state index contributed by atoms with van der Waals surface area (Å²) < 4.78 is 9.03. The van der Waals surface area contributed by atoms with Crippen molar-refractivity contribution in [1.29, 1.82) is 0 Å². The Hall–Kier alpha value is -2.74. The molecule has 1 amide bonds. The molecule has 0 saturated heterocycles. The van der Waals surface area contributed by atoms with E-state index < -0.39 is 11.9 Å². The van der Waals surface area contributed by atoms with Gasteiger partial charge in [-0.3, -0.25) is 14.3 Å². The fraction of sp³-hybridized carbons (Fsp3) is 0.294. The summed E-state index contributed by atoms with van der Waals surface area (Å²) in [5.41, 5.74) is 3.27. The van der Waals surface area contributed by atoms with E-state index in [9.17, 15) is 9.59 Å². The van der Waals surface area contributed by atoms with Gasteiger partial charge in [0.25, 0.3) is 5.91 Å². The Morgan fingerprint density at radius 3 is 2.72 bits per heavy atom. The van der Waals surface area contributed by atoms with E-state index in [0.29, 0.717) is 4.80 Å². The maximum absolute atomic E-state index is 12.4. The highest BCUT2D eigenvalue weighted by Gasteiger charge is 2.15. The van der Waals surface area contributed by atoms with Crippen molar-refractivity contribution in [3.8, 4) is 0 Å². The average molecular weight is 358 g/mol. The van der Waals surface area contributed by atoms with Crippen molar-refractivity contribution in [1.82, 2.24) is 14.3 Å². The number of ether oxygens (including phenoxy) is 1. The van der Waals surface area contributed by atoms with E-state index in [1.165, 1.54) is 18.4 Å². The summed E-state index contributed by atoms with van der Waals surface area (Å²) in [6, 6.07) is 5.65. The number of esters is 1. The van der Waals surface area contributed by atoms with E-state index in [-0.39, 0.29) is 12.2 Å². The van der Waals surface area contributed by atoms with Crippen LogP contribution < -0.4 is 4.80 Å². The van der Waals surface area contributed by atoms with Gasteiger partial charge in [0.2, 0.25) is 0 Å². The SMILES string of the molecule is COC(=O)Cn1c(=NC(=O)c2ccn(C)n2)sc2c(C)cc(C)cc21. The van der Waals surface area contributed by atoms with Crippen LogP contribution in [-0.4, -0.2) is 33.3 Å². The third-order valence-corrected chi connectivity index (χ3v) is 4.99. The third-order valence-electron chi connectivity index (χ3n) is 3.76. The molecule has 1 aromatic carbocycles. The van der Waals surface area contributed by atoms with Crippen LogP contribution in [0.4, 0.5) is 0 Å². The van der Waals surface area contributed by atoms with Gasteiger partial charge in [-0.25, -0.2) is 0 Å². The number of benzene rings is 1. The second-order valence-corrected chi connectivity index (χ2v) is 6.75. The smallest absolute Gasteiger partial charge is 0.325 e. The maximum Gasteiger partial charge on any atom is 0.325 e. The van der Waals surface area contributed by atoms with Crippen LogP contribution in [0.15, 0.2) is 29.4 Å². The number of hydrogen-bond donors (Lipinski definition) is 0. The Bertz CT molecular complexity index is 1040. The predicted molar refractivity (Wildman–Crippen MR) is 94.4 cm³/mol. The van der Waals surface area contributed by atoms with Gasteiger partial charge < -0.3 is 9.30 Å². The van der Waals surface area contributed by atoms with Crippen molar-refractivity contribution in [3.63, 3.8) is 0 Å². The molecule has 0 spiro atoms. The molecule has 0 aliphatic carbocycles. The summed E-state index contributed by atoms with van der Waals surface area (Å²) in [6.07, 6.45) is 1.68. The van der Waals surface area contributed by atoms with Crippen LogP contribution in [0.5, 0.6) is 0 Å². The zero-order valence-electron chi connectivity index (χ0n) is 14.4. The average Bonchev–Trinajstić information content (AvgIpc) is 3.13. The number of aromatic nitrogens is 3. The molecule has 0 radical (unpaired) electrons. The lowest BCUT2D eigenvalue weighted by Gasteiger charge is -2.05. The van der Waals surface area contributed by atoms with Crippen molar-refractivity contribution in [3.05, 3.63) is 46.0 Å². The zero-order chi connectivity index (χ0) is 18.1. The summed E-state index contributed by atoms with van der Waals surface area (Å²) in [4.78, 5) is 28.9. The monoisotopic (exact) mass is 358 g/mol. The normalized spacial score (nSPS) is 11.9. The molecule has 7 nitrogen and oxygen atoms in total. The minimum absolute atomic E-state index is 0.00623. The Labute approximate surface area is 148 Å². The molecule has 0 N–H and O–H groups in total. The van der Waals surface area contributed by atoms with Crippen LogP contribution >= 0.6 is 11.3 Å². The number of thiazole rings is 1. The molecule has 3 aromatic rings. The van der Waals surface area contributed by atoms with Gasteiger partial charge in [-0.1, -0.05) is 17.4 Å². The molecule has 25 heavy (non-hydrogen) atoms. The molecule has 0 fully saturated rings. The number of rotatable bonds is 3. The Balaban J connectivity index is 2.20. The molecule has 0 bridgehead atoms. The van der Waals surface area contributed by atoms with E-state index in [1.807, 2.05) is 19.9 Å². The molecule has 0 saturated carbocycles. The summed E-state index contributed by atoms with van der Waals surface area (Å²) in [7, 11) is 3.07. The molecule has 0 aliphatic rings. The molecule has 2 heterocycles. The first-order valence-corrected chi connectivity index (χ1v) is 8.47. The van der Waals surface area contributed by atoms with Gasteiger partial charge in [0.15, 0.2) is 10.5 Å². The van der Waals surface area contributed by atoms with Gasteiger partial charge in [0.05, 0.1) is 17.3 Å². The lowest BCUT2D eigenvalue weighted by molar-refractivity contribution is -0.141. The molecule has 0 atom stereocenters. The quantitative estimate of drug-likeness (QED) is 0.671. The van der Waals surface area contributed by atoms with Gasteiger partial charge in [0, 0.05) is 13.2 Å². The highest BCUT2D eigenvalue weighted by molar-refractivity contribution is 7.16. The lowest BCUT2D eigenvalue weighted by atomic mass is 10.1. The molecule has 3 rings (SSSR count). The summed E-state index contributed by atoms with van der Waals surface area (Å²) >= 11 is 1.37. The van der Waals surface area contributed by atoms with Gasteiger partial charge >= 0.3 is 5.97 Å². The largest absolute Gasteiger partial charge is 0.468 e. The highest BCUT2D eigenvalue weighted by atomic mass is 32.1. The maximum atomic E-state index is 12.4. The van der Waals surface area contributed by atoms with Crippen LogP contribution in [-0.2, 0) is 23.1 Å². The number of fused-ring (bicyclic) bond motifs is 1. The van der Waals surface area contributed by atoms with Gasteiger partial charge in [-0.2, -0.15) is 10.1 Å². The lowest BCUT2D eigenvalue weighted by Crippen LogP contribution is -2.22. The van der Waals surface area contributed by atoms with Crippen molar-refractivity contribution in [2.24, 2.45) is 12.0 Å². The first kappa shape index (κ1) is 17.1. The predicted octanol–water partition coefficient (Wildman–Crippen LogP) is 1.97. The van der Waals surface area contributed by atoms with Crippen LogP contribution in [0.2, 0.25) is 0 Å². The van der Waals surface area contributed by atoms with E-state index in [2.05, 4.69) is 16.2 Å². The van der Waals surface area contributed by atoms with Crippen molar-refractivity contribution in [2.75, 3.05) is 7.11 Å². The van der Waals surface area contributed by atoms with Gasteiger partial charge in [-0.15, -0.1) is 0 Å². The fourth-order valence-corrected chi connectivity index (χ4v) is 3.70. The first-order valence-electron chi connectivity index (χ1n) is 7.65. The van der Waals surface area contributed by atoms with E-state index in [1.54, 1.807) is 28.6 Å². The molecule has 130 valence electrons. The number of methoxy groups -OCH3 is 1. The van der Waals surface area contributed by atoms with Crippen LogP contribution in [0.3, 0.4) is 0 Å². The Kier molecular flexibility index (Phi) is 4.54. The van der Waals surface area contributed by atoms with Crippen molar-refractivity contribution >= 4 is 33.4 Å². The van der Waals surface area contributed by atoms with Crippen LogP contribution in [0.25, 0.3) is 10.2 Å². The first-order chi connectivity index (χ1) is 11.9. The molecule has 8 heteroatoms. The van der Waals surface area contributed by atoms with E-state index >= 15 is 0 Å². The van der Waals surface area contributed by atoms with Crippen LogP contribution in [0, 0.1) is 13.8 Å². The number of aryl methyl sites for hydroxylation is 3. The second kappa shape index (κ2) is 6.64. The Morgan fingerprint density at radius 2 is 2.08 bits per heavy atom. The minimum atomic E-state index is -0.444. The Morgan fingerprint density at radius 1 is 1.32 bits per heavy atom. The minimum Gasteiger partial charge on any atom is -0.468 e. The van der Waals surface area contributed by atoms with Crippen LogP contribution in [0.1, 0.15) is 21.6 Å². The molecule has 2 aromatic heterocycles. The summed E-state index contributed by atoms with van der Waals surface area (Å²) in [6.45, 7) is 3.98. The number of amides is 1. The van der Waals surface area contributed by atoms with Crippen molar-refractivity contribution < 1.29 is 14.3 Å². The zero-order valence-corrected chi connectivity index (χ0v) is 15.3. The summed E-state index contributed by atoms with van der Waals surface area (Å²) in [5, 5.41) is 4.08. The standard InChI is InChI=1S/C17H18N4O3S/c1-10-7-11(2)15-13(8-10)21(9-14(22)24-4)17(25-15)18-16(23)12-5-6-20(3)19-12/h5-8H,9H2,1-4H3. The van der Waals surface area contributed by atoms with Gasteiger partial charge in [-0.05, 0) is 37.1 Å². The number of nitrogens with zero attached hydrogens (tertiary/aromatic N) is 4. The number of hydrogen-bond acceptors (Lipinski definition) is 5. The van der Waals surface area contributed by atoms with Gasteiger partial charge in [0.1, 0.15) is 6.54 Å². The molecule has 0 aliphatic heterocycles. The van der Waals surface area contributed by atoms with Crippen molar-refractivity contribution in [2.45, 2.75) is 20.4 Å². The molecule has 0 unspecified atom stereocenters. The van der Waals surface area contributed by atoms with E-state index in [4.69, 9.17) is 4.74 Å². The second-order valence-electron chi connectivity index (χ2n) is 5.77. The van der Waals surface area contributed by atoms with E-state index in [0.717, 1.165) is 21.3 Å².